The lowest BCUT2D eigenvalue weighted by molar-refractivity contribution is 1.35. The monoisotopic (exact) mass is 179 g/mol. The topological polar surface area (TPSA) is 48.2 Å². The van der Waals surface area contributed by atoms with Crippen molar-refractivity contribution in [1.29, 1.82) is 5.26 Å². The molecule has 0 bridgehead atoms. The highest BCUT2D eigenvalue weighted by Gasteiger charge is 1.93. The van der Waals surface area contributed by atoms with Gasteiger partial charge in [-0.1, -0.05) is 23.7 Å². The summed E-state index contributed by atoms with van der Waals surface area (Å²) in [6.07, 6.45) is 1.10. The van der Waals surface area contributed by atoms with Gasteiger partial charge in [-0.25, -0.2) is 0 Å². The van der Waals surface area contributed by atoms with E-state index in [1.165, 1.54) is 0 Å². The van der Waals surface area contributed by atoms with E-state index in [0.717, 1.165) is 6.21 Å². The lowest BCUT2D eigenvalue weighted by Gasteiger charge is -1.99. The molecule has 1 rings (SSSR count). The first kappa shape index (κ1) is 8.57. The van der Waals surface area contributed by atoms with Gasteiger partial charge in [0.25, 0.3) is 0 Å². The molecule has 0 aromatic heterocycles. The molecule has 0 unspecified atom stereocenters. The Morgan fingerprint density at radius 1 is 1.50 bits per heavy atom. The summed E-state index contributed by atoms with van der Waals surface area (Å²) in [5, 5.41) is 12.3. The van der Waals surface area contributed by atoms with E-state index in [9.17, 15) is 0 Å². The zero-order chi connectivity index (χ0) is 8.81. The minimum absolute atomic E-state index is 0.576. The van der Waals surface area contributed by atoms with Gasteiger partial charge in [0, 0.05) is 0 Å². The smallest absolute Gasteiger partial charge is 0.124 e. The molecule has 0 aliphatic heterocycles. The normalized spacial score (nSPS) is 9.67. The Hall–Kier alpha value is -1.53. The summed E-state index contributed by atoms with van der Waals surface area (Å²) in [4.78, 5) is 0. The van der Waals surface area contributed by atoms with Crippen LogP contribution in [-0.2, 0) is 0 Å². The van der Waals surface area contributed by atoms with Crippen LogP contribution < -0.4 is 5.43 Å². The number of hydrogen-bond donors (Lipinski definition) is 1. The van der Waals surface area contributed by atoms with Crippen LogP contribution >= 0.6 is 11.6 Å². The van der Waals surface area contributed by atoms with Gasteiger partial charge in [0.15, 0.2) is 0 Å². The van der Waals surface area contributed by atoms with E-state index in [2.05, 4.69) is 10.5 Å². The number of rotatable bonds is 2. The van der Waals surface area contributed by atoms with Crippen molar-refractivity contribution in [2.24, 2.45) is 5.10 Å². The van der Waals surface area contributed by atoms with E-state index < -0.39 is 0 Å². The van der Waals surface area contributed by atoms with Gasteiger partial charge in [0.05, 0.1) is 10.7 Å². The molecule has 4 heteroatoms. The highest BCUT2D eigenvalue weighted by molar-refractivity contribution is 6.33. The molecule has 12 heavy (non-hydrogen) atoms. The van der Waals surface area contributed by atoms with E-state index >= 15 is 0 Å². The molecule has 1 aromatic carbocycles. The first-order chi connectivity index (χ1) is 5.84. The van der Waals surface area contributed by atoms with Crippen molar-refractivity contribution in [2.75, 3.05) is 5.43 Å². The number of para-hydroxylation sites is 1. The Bertz CT molecular complexity index is 327. The minimum atomic E-state index is 0.576. The SMILES string of the molecule is N#C/C=N/Nc1ccccc1Cl. The van der Waals surface area contributed by atoms with Crippen LogP contribution in [0.25, 0.3) is 0 Å². The number of hydrazone groups is 1. The maximum atomic E-state index is 8.14. The minimum Gasteiger partial charge on any atom is -0.276 e. The molecule has 1 N–H and O–H groups in total. The van der Waals surface area contributed by atoms with Gasteiger partial charge in [-0.3, -0.25) is 5.43 Å². The van der Waals surface area contributed by atoms with Crippen LogP contribution in [0.4, 0.5) is 5.69 Å². The molecule has 0 fully saturated rings. The quantitative estimate of drug-likeness (QED) is 0.559. The lowest BCUT2D eigenvalue weighted by Crippen LogP contribution is -1.88. The number of nitrogens with one attached hydrogen (secondary N) is 1. The molecular weight excluding hydrogens is 174 g/mol. The first-order valence-corrected chi connectivity index (χ1v) is 3.64. The lowest BCUT2D eigenvalue weighted by atomic mass is 10.3. The van der Waals surface area contributed by atoms with Gasteiger partial charge in [0.1, 0.15) is 12.3 Å². The summed E-state index contributed by atoms with van der Waals surface area (Å²) in [7, 11) is 0. The van der Waals surface area contributed by atoms with Crippen LogP contribution in [0.15, 0.2) is 29.4 Å². The second kappa shape index (κ2) is 4.37. The Labute approximate surface area is 75.3 Å². The number of nitriles is 1. The number of anilines is 1. The van der Waals surface area contributed by atoms with E-state index in [4.69, 9.17) is 16.9 Å². The number of halogens is 1. The second-order valence-corrected chi connectivity index (χ2v) is 2.39. The maximum absolute atomic E-state index is 8.14. The van der Waals surface area contributed by atoms with Crippen LogP contribution in [0.1, 0.15) is 0 Å². The molecule has 0 atom stereocenters. The Kier molecular flexibility index (Phi) is 3.12. The van der Waals surface area contributed by atoms with E-state index in [0.29, 0.717) is 10.7 Å². The summed E-state index contributed by atoms with van der Waals surface area (Å²) in [5.74, 6) is 0. The second-order valence-electron chi connectivity index (χ2n) is 1.98. The van der Waals surface area contributed by atoms with Gasteiger partial charge in [-0.15, -0.1) is 0 Å². The summed E-state index contributed by atoms with van der Waals surface area (Å²) >= 11 is 5.78. The van der Waals surface area contributed by atoms with Crippen LogP contribution in [-0.4, -0.2) is 6.21 Å². The maximum Gasteiger partial charge on any atom is 0.124 e. The summed E-state index contributed by atoms with van der Waals surface area (Å²) in [6, 6.07) is 8.93. The van der Waals surface area contributed by atoms with Gasteiger partial charge in [-0.05, 0) is 12.1 Å². The summed E-state index contributed by atoms with van der Waals surface area (Å²) < 4.78 is 0. The van der Waals surface area contributed by atoms with Crippen molar-refractivity contribution in [3.63, 3.8) is 0 Å². The molecular formula is C8H6ClN3. The molecule has 0 saturated heterocycles. The zero-order valence-corrected chi connectivity index (χ0v) is 6.92. The highest BCUT2D eigenvalue weighted by atomic mass is 35.5. The third kappa shape index (κ3) is 2.26. The van der Waals surface area contributed by atoms with Crippen LogP contribution in [0.3, 0.4) is 0 Å². The van der Waals surface area contributed by atoms with Gasteiger partial charge in [-0.2, -0.15) is 10.4 Å². The average molecular weight is 180 g/mol. The zero-order valence-electron chi connectivity index (χ0n) is 6.16. The summed E-state index contributed by atoms with van der Waals surface area (Å²) in [6.45, 7) is 0. The Balaban J connectivity index is 2.71. The molecule has 3 nitrogen and oxygen atoms in total. The molecule has 0 amide bonds. The first-order valence-electron chi connectivity index (χ1n) is 3.26. The third-order valence-corrected chi connectivity index (χ3v) is 1.51. The van der Waals surface area contributed by atoms with E-state index in [-0.39, 0.29) is 0 Å². The van der Waals surface area contributed by atoms with E-state index in [1.807, 2.05) is 12.1 Å². The fraction of sp³-hybridized carbons (Fsp3) is 0. The fourth-order valence-electron chi connectivity index (χ4n) is 0.683. The molecule has 0 aliphatic rings. The Morgan fingerprint density at radius 2 is 2.25 bits per heavy atom. The molecule has 0 spiro atoms. The molecule has 0 saturated carbocycles. The van der Waals surface area contributed by atoms with E-state index in [1.54, 1.807) is 18.2 Å². The van der Waals surface area contributed by atoms with Crippen molar-refractivity contribution in [3.05, 3.63) is 29.3 Å². The van der Waals surface area contributed by atoms with Gasteiger partial charge in [0.2, 0.25) is 0 Å². The predicted molar refractivity (Wildman–Crippen MR) is 49.2 cm³/mol. The van der Waals surface area contributed by atoms with Crippen molar-refractivity contribution < 1.29 is 0 Å². The molecule has 0 heterocycles. The Morgan fingerprint density at radius 3 is 2.92 bits per heavy atom. The average Bonchev–Trinajstić information content (AvgIpc) is 2.09. The molecule has 1 aromatic rings. The van der Waals surface area contributed by atoms with Gasteiger partial charge >= 0.3 is 0 Å². The molecule has 0 radical (unpaired) electrons. The highest BCUT2D eigenvalue weighted by Crippen LogP contribution is 2.19. The standard InChI is InChI=1S/C8H6ClN3/c9-7-3-1-2-4-8(7)12-11-6-5-10/h1-4,6,12H/b11-6+. The van der Waals surface area contributed by atoms with Crippen LogP contribution in [0.2, 0.25) is 5.02 Å². The molecule has 60 valence electrons. The van der Waals surface area contributed by atoms with Crippen LogP contribution in [0.5, 0.6) is 0 Å². The largest absolute Gasteiger partial charge is 0.276 e. The third-order valence-electron chi connectivity index (χ3n) is 1.18. The molecule has 0 aliphatic carbocycles. The van der Waals surface area contributed by atoms with Crippen molar-refractivity contribution >= 4 is 23.5 Å². The van der Waals surface area contributed by atoms with Gasteiger partial charge < -0.3 is 0 Å². The van der Waals surface area contributed by atoms with Crippen molar-refractivity contribution in [3.8, 4) is 6.07 Å². The predicted octanol–water partition coefficient (Wildman–Crippen LogP) is 2.26. The van der Waals surface area contributed by atoms with Crippen molar-refractivity contribution in [2.45, 2.75) is 0 Å². The van der Waals surface area contributed by atoms with Crippen LogP contribution in [0, 0.1) is 11.3 Å². The number of nitrogens with zero attached hydrogens (tertiary/aromatic N) is 2. The van der Waals surface area contributed by atoms with Crippen molar-refractivity contribution in [1.82, 2.24) is 0 Å². The fourth-order valence-corrected chi connectivity index (χ4v) is 0.861. The number of hydrogen-bond acceptors (Lipinski definition) is 3. The number of benzene rings is 1. The summed E-state index contributed by atoms with van der Waals surface area (Å²) in [5.41, 5.74) is 3.31.